The highest BCUT2D eigenvalue weighted by atomic mass is 16.5. The molecule has 0 saturated carbocycles. The van der Waals surface area contributed by atoms with Crippen molar-refractivity contribution in [1.29, 1.82) is 0 Å². The molecule has 0 fully saturated rings. The van der Waals surface area contributed by atoms with Crippen LogP contribution in [0.25, 0.3) is 11.2 Å². The van der Waals surface area contributed by atoms with Gasteiger partial charge in [0.15, 0.2) is 11.5 Å². The highest BCUT2D eigenvalue weighted by Gasteiger charge is 2.11. The van der Waals surface area contributed by atoms with Gasteiger partial charge in [0.05, 0.1) is 13.4 Å². The molecule has 4 aromatic rings. The van der Waals surface area contributed by atoms with Gasteiger partial charge in [0.25, 0.3) is 0 Å². The van der Waals surface area contributed by atoms with Gasteiger partial charge in [0.1, 0.15) is 11.3 Å². The first-order chi connectivity index (χ1) is 13.7. The maximum Gasteiger partial charge on any atom is 0.227 e. The first-order valence-electron chi connectivity index (χ1n) is 9.12. The number of methoxy groups -OCH3 is 1. The Morgan fingerprint density at radius 2 is 1.79 bits per heavy atom. The molecule has 7 nitrogen and oxygen atoms in total. The number of hydrogen-bond donors (Lipinski definition) is 2. The molecule has 0 atom stereocenters. The summed E-state index contributed by atoms with van der Waals surface area (Å²) in [6.45, 7) is 1.38. The van der Waals surface area contributed by atoms with Crippen LogP contribution in [0.15, 0.2) is 60.9 Å². The van der Waals surface area contributed by atoms with Crippen molar-refractivity contribution in [2.45, 2.75) is 19.5 Å². The smallest absolute Gasteiger partial charge is 0.227 e. The third kappa shape index (κ3) is 3.88. The van der Waals surface area contributed by atoms with Crippen molar-refractivity contribution in [2.24, 2.45) is 0 Å². The van der Waals surface area contributed by atoms with Crippen LogP contribution in [0, 0.1) is 0 Å². The molecule has 28 heavy (non-hydrogen) atoms. The molecule has 0 radical (unpaired) electrons. The summed E-state index contributed by atoms with van der Waals surface area (Å²) in [6.07, 6.45) is 2.62. The van der Waals surface area contributed by atoms with Gasteiger partial charge in [-0.15, -0.1) is 0 Å². The molecule has 0 unspecified atom stereocenters. The van der Waals surface area contributed by atoms with Crippen molar-refractivity contribution in [3.63, 3.8) is 0 Å². The molecule has 0 aliphatic carbocycles. The zero-order valence-electron chi connectivity index (χ0n) is 15.7. The largest absolute Gasteiger partial charge is 0.497 e. The molecule has 2 aromatic heterocycles. The van der Waals surface area contributed by atoms with Crippen molar-refractivity contribution in [2.75, 3.05) is 18.2 Å². The maximum atomic E-state index is 6.10. The fourth-order valence-electron chi connectivity index (χ4n) is 3.03. The van der Waals surface area contributed by atoms with Gasteiger partial charge < -0.3 is 20.4 Å². The van der Waals surface area contributed by atoms with Gasteiger partial charge in [0.2, 0.25) is 5.95 Å². The molecule has 0 aliphatic heterocycles. The minimum absolute atomic E-state index is 0.378. The zero-order chi connectivity index (χ0) is 19.3. The van der Waals surface area contributed by atoms with E-state index in [1.54, 1.807) is 13.4 Å². The summed E-state index contributed by atoms with van der Waals surface area (Å²) in [4.78, 5) is 13.3. The molecule has 4 rings (SSSR count). The fourth-order valence-corrected chi connectivity index (χ4v) is 3.03. The molecule has 0 spiro atoms. The Balaban J connectivity index is 1.51. The lowest BCUT2D eigenvalue weighted by atomic mass is 10.1. The van der Waals surface area contributed by atoms with Crippen molar-refractivity contribution in [3.8, 4) is 5.75 Å². The Bertz CT molecular complexity index is 1060. The lowest BCUT2D eigenvalue weighted by Gasteiger charge is -2.08. The van der Waals surface area contributed by atoms with E-state index in [1.807, 2.05) is 47.0 Å². The van der Waals surface area contributed by atoms with Crippen molar-refractivity contribution in [1.82, 2.24) is 19.5 Å². The van der Waals surface area contributed by atoms with Crippen LogP contribution in [0.2, 0.25) is 0 Å². The summed E-state index contributed by atoms with van der Waals surface area (Å²) in [7, 11) is 1.67. The van der Waals surface area contributed by atoms with Crippen LogP contribution in [-0.2, 0) is 19.5 Å². The van der Waals surface area contributed by atoms with E-state index >= 15 is 0 Å². The van der Waals surface area contributed by atoms with Crippen LogP contribution < -0.4 is 15.8 Å². The number of hydrogen-bond acceptors (Lipinski definition) is 6. The molecule has 0 bridgehead atoms. The van der Waals surface area contributed by atoms with Gasteiger partial charge >= 0.3 is 0 Å². The van der Waals surface area contributed by atoms with Crippen molar-refractivity contribution in [3.05, 3.63) is 72.1 Å². The van der Waals surface area contributed by atoms with E-state index in [1.165, 1.54) is 5.56 Å². The number of benzene rings is 2. The number of imidazole rings is 1. The van der Waals surface area contributed by atoms with Crippen LogP contribution in [0.3, 0.4) is 0 Å². The topological polar surface area (TPSA) is 90.9 Å². The number of nitrogen functional groups attached to an aromatic ring is 1. The fraction of sp³-hybridized carbons (Fsp3) is 0.190. The third-order valence-electron chi connectivity index (χ3n) is 4.58. The lowest BCUT2D eigenvalue weighted by molar-refractivity contribution is 0.414. The van der Waals surface area contributed by atoms with Crippen LogP contribution >= 0.6 is 0 Å². The molecule has 7 heteroatoms. The summed E-state index contributed by atoms with van der Waals surface area (Å²) < 4.78 is 7.21. The number of aryl methyl sites for hydroxylation is 2. The highest BCUT2D eigenvalue weighted by Crippen LogP contribution is 2.19. The average Bonchev–Trinajstić information content (AvgIpc) is 3.15. The summed E-state index contributed by atoms with van der Waals surface area (Å²) in [6, 6.07) is 18.2. The first kappa shape index (κ1) is 17.8. The minimum atomic E-state index is 0.378. The van der Waals surface area contributed by atoms with E-state index in [9.17, 15) is 0 Å². The summed E-state index contributed by atoms with van der Waals surface area (Å²) in [5, 5.41) is 3.24. The van der Waals surface area contributed by atoms with E-state index in [-0.39, 0.29) is 0 Å². The monoisotopic (exact) mass is 374 g/mol. The summed E-state index contributed by atoms with van der Waals surface area (Å²) >= 11 is 0. The van der Waals surface area contributed by atoms with E-state index < -0.39 is 0 Å². The van der Waals surface area contributed by atoms with E-state index in [0.29, 0.717) is 23.8 Å². The summed E-state index contributed by atoms with van der Waals surface area (Å²) in [5.41, 5.74) is 9.82. The second-order valence-corrected chi connectivity index (χ2v) is 6.48. The number of nitrogens with two attached hydrogens (primary N) is 1. The highest BCUT2D eigenvalue weighted by molar-refractivity contribution is 5.82. The number of anilines is 2. The molecule has 0 amide bonds. The number of fused-ring (bicyclic) bond motifs is 1. The van der Waals surface area contributed by atoms with E-state index in [4.69, 9.17) is 10.5 Å². The van der Waals surface area contributed by atoms with Crippen LogP contribution in [-0.4, -0.2) is 26.6 Å². The average molecular weight is 374 g/mol. The second kappa shape index (κ2) is 7.96. The molecule has 2 aromatic carbocycles. The van der Waals surface area contributed by atoms with Gasteiger partial charge in [-0.3, -0.25) is 0 Å². The zero-order valence-corrected chi connectivity index (χ0v) is 15.7. The predicted octanol–water partition coefficient (Wildman–Crippen LogP) is 3.27. The molecule has 2 heterocycles. The van der Waals surface area contributed by atoms with Crippen LogP contribution in [0.4, 0.5) is 11.8 Å². The van der Waals surface area contributed by atoms with Gasteiger partial charge in [-0.05, 0) is 29.7 Å². The Morgan fingerprint density at radius 3 is 2.54 bits per heavy atom. The Kier molecular flexibility index (Phi) is 5.05. The third-order valence-corrected chi connectivity index (χ3v) is 4.58. The number of nitrogens with zero attached hydrogens (tertiary/aromatic N) is 4. The molecular weight excluding hydrogens is 352 g/mol. The quantitative estimate of drug-likeness (QED) is 0.516. The Labute approximate surface area is 163 Å². The molecule has 3 N–H and O–H groups in total. The number of aromatic nitrogens is 4. The minimum Gasteiger partial charge on any atom is -0.497 e. The van der Waals surface area contributed by atoms with Crippen LogP contribution in [0.1, 0.15) is 11.1 Å². The normalized spacial score (nSPS) is 10.9. The van der Waals surface area contributed by atoms with Gasteiger partial charge in [-0.1, -0.05) is 42.5 Å². The standard InChI is InChI=1S/C21H22N6O/c1-28-17-9-7-15(8-10-17)11-12-27-14-24-18-19(22)25-21(26-20(18)27)23-13-16-5-3-2-4-6-16/h2-10,14H,11-13H2,1H3,(H3,22,23,25,26). The molecule has 142 valence electrons. The van der Waals surface area contributed by atoms with E-state index in [2.05, 4.69) is 32.4 Å². The molecule has 0 aliphatic rings. The van der Waals surface area contributed by atoms with Crippen molar-refractivity contribution >= 4 is 22.9 Å². The SMILES string of the molecule is COc1ccc(CCn2cnc3c(N)nc(NCc4ccccc4)nc32)cc1. The maximum absolute atomic E-state index is 6.10. The van der Waals surface area contributed by atoms with Gasteiger partial charge in [0, 0.05) is 13.1 Å². The first-order valence-corrected chi connectivity index (χ1v) is 9.12. The van der Waals surface area contributed by atoms with E-state index in [0.717, 1.165) is 29.9 Å². The summed E-state index contributed by atoms with van der Waals surface area (Å²) in [5.74, 6) is 1.73. The Morgan fingerprint density at radius 1 is 1.00 bits per heavy atom. The molecular formula is C21H22N6O. The second-order valence-electron chi connectivity index (χ2n) is 6.48. The molecule has 0 saturated heterocycles. The number of ether oxygens (including phenoxy) is 1. The Hall–Kier alpha value is -3.61. The van der Waals surface area contributed by atoms with Gasteiger partial charge in [-0.2, -0.15) is 9.97 Å². The number of rotatable bonds is 7. The van der Waals surface area contributed by atoms with Crippen LogP contribution in [0.5, 0.6) is 5.75 Å². The van der Waals surface area contributed by atoms with Crippen molar-refractivity contribution < 1.29 is 4.74 Å². The van der Waals surface area contributed by atoms with Gasteiger partial charge in [-0.25, -0.2) is 4.98 Å². The number of nitrogens with one attached hydrogen (secondary N) is 1. The predicted molar refractivity (Wildman–Crippen MR) is 110 cm³/mol. The lowest BCUT2D eigenvalue weighted by Crippen LogP contribution is -2.08.